The molecule has 112 valence electrons. The van der Waals surface area contributed by atoms with Crippen molar-refractivity contribution < 1.29 is 4.74 Å². The molecule has 4 heteroatoms. The first-order valence-electron chi connectivity index (χ1n) is 7.40. The lowest BCUT2D eigenvalue weighted by Gasteiger charge is -2.27. The fraction of sp³-hybridized carbons (Fsp3) is 0.412. The molecule has 0 amide bonds. The van der Waals surface area contributed by atoms with E-state index in [4.69, 9.17) is 16.3 Å². The van der Waals surface area contributed by atoms with Crippen LogP contribution in [-0.2, 0) is 12.8 Å². The van der Waals surface area contributed by atoms with Crippen molar-refractivity contribution in [1.29, 1.82) is 0 Å². The summed E-state index contributed by atoms with van der Waals surface area (Å²) in [5.74, 6) is 0.961. The van der Waals surface area contributed by atoms with Crippen molar-refractivity contribution in [2.75, 3.05) is 13.7 Å². The van der Waals surface area contributed by atoms with E-state index >= 15 is 0 Å². The Morgan fingerprint density at radius 3 is 3.00 bits per heavy atom. The molecule has 0 saturated heterocycles. The van der Waals surface area contributed by atoms with Gasteiger partial charge in [0.15, 0.2) is 0 Å². The Balaban J connectivity index is 1.62. The monoisotopic (exact) mass is 321 g/mol. The average molecular weight is 322 g/mol. The van der Waals surface area contributed by atoms with Crippen molar-refractivity contribution in [2.24, 2.45) is 0 Å². The third-order valence-corrected chi connectivity index (χ3v) is 5.35. The van der Waals surface area contributed by atoms with Crippen LogP contribution in [0.5, 0.6) is 5.75 Å². The molecule has 0 spiro atoms. The number of aryl methyl sites for hydroxylation is 1. The highest BCUT2D eigenvalue weighted by Gasteiger charge is 2.19. The zero-order valence-corrected chi connectivity index (χ0v) is 13.8. The molecule has 1 aliphatic carbocycles. The minimum Gasteiger partial charge on any atom is -0.497 e. The van der Waals surface area contributed by atoms with E-state index in [9.17, 15) is 0 Å². The molecular formula is C17H20ClNOS. The SMILES string of the molecule is COc1ccc2c(c1)CCCC2NCCc1ccc(Cl)s1. The molecule has 1 atom stereocenters. The van der Waals surface area contributed by atoms with Crippen LogP contribution in [0.3, 0.4) is 0 Å². The molecule has 1 heterocycles. The van der Waals surface area contributed by atoms with Gasteiger partial charge in [-0.1, -0.05) is 17.7 Å². The summed E-state index contributed by atoms with van der Waals surface area (Å²) in [6.45, 7) is 0.993. The van der Waals surface area contributed by atoms with Crippen LogP contribution in [-0.4, -0.2) is 13.7 Å². The highest BCUT2D eigenvalue weighted by Crippen LogP contribution is 2.32. The van der Waals surface area contributed by atoms with Gasteiger partial charge in [0.1, 0.15) is 5.75 Å². The maximum absolute atomic E-state index is 5.97. The summed E-state index contributed by atoms with van der Waals surface area (Å²) >= 11 is 7.64. The molecule has 3 rings (SSSR count). The molecule has 0 radical (unpaired) electrons. The van der Waals surface area contributed by atoms with Gasteiger partial charge in [-0.05, 0) is 61.1 Å². The molecular weight excluding hydrogens is 302 g/mol. The molecule has 1 aromatic carbocycles. The van der Waals surface area contributed by atoms with Gasteiger partial charge in [-0.15, -0.1) is 11.3 Å². The lowest BCUT2D eigenvalue weighted by atomic mass is 9.87. The number of hydrogen-bond acceptors (Lipinski definition) is 3. The summed E-state index contributed by atoms with van der Waals surface area (Å²) in [7, 11) is 1.73. The number of thiophene rings is 1. The van der Waals surface area contributed by atoms with Crippen molar-refractivity contribution >= 4 is 22.9 Å². The predicted octanol–water partition coefficient (Wildman–Crippen LogP) is 4.62. The van der Waals surface area contributed by atoms with E-state index in [0.29, 0.717) is 6.04 Å². The van der Waals surface area contributed by atoms with Gasteiger partial charge in [-0.25, -0.2) is 0 Å². The molecule has 0 fully saturated rings. The topological polar surface area (TPSA) is 21.3 Å². The van der Waals surface area contributed by atoms with Gasteiger partial charge in [-0.3, -0.25) is 0 Å². The number of benzene rings is 1. The quantitative estimate of drug-likeness (QED) is 0.867. The normalized spacial score (nSPS) is 17.5. The Hall–Kier alpha value is -1.03. The molecule has 1 aromatic heterocycles. The molecule has 0 aliphatic heterocycles. The van der Waals surface area contributed by atoms with Gasteiger partial charge >= 0.3 is 0 Å². The van der Waals surface area contributed by atoms with Crippen molar-refractivity contribution in [3.8, 4) is 5.75 Å². The number of nitrogens with one attached hydrogen (secondary N) is 1. The Labute approximate surface area is 135 Å². The zero-order chi connectivity index (χ0) is 14.7. The molecule has 2 aromatic rings. The summed E-state index contributed by atoms with van der Waals surface area (Å²) in [6.07, 6.45) is 4.65. The van der Waals surface area contributed by atoms with E-state index in [1.807, 2.05) is 6.07 Å². The second-order valence-corrected chi connectivity index (χ2v) is 7.22. The van der Waals surface area contributed by atoms with Gasteiger partial charge in [0.25, 0.3) is 0 Å². The molecule has 1 aliphatic rings. The summed E-state index contributed by atoms with van der Waals surface area (Å²) in [4.78, 5) is 1.35. The summed E-state index contributed by atoms with van der Waals surface area (Å²) in [5, 5.41) is 3.70. The number of halogens is 1. The summed E-state index contributed by atoms with van der Waals surface area (Å²) in [6, 6.07) is 11.0. The first-order valence-corrected chi connectivity index (χ1v) is 8.60. The van der Waals surface area contributed by atoms with E-state index in [1.165, 1.54) is 28.8 Å². The minimum atomic E-state index is 0.468. The van der Waals surface area contributed by atoms with Gasteiger partial charge in [0.05, 0.1) is 11.4 Å². The number of methoxy groups -OCH3 is 1. The summed E-state index contributed by atoms with van der Waals surface area (Å²) in [5.41, 5.74) is 2.86. The second-order valence-electron chi connectivity index (χ2n) is 5.42. The van der Waals surface area contributed by atoms with Gasteiger partial charge in [0.2, 0.25) is 0 Å². The lowest BCUT2D eigenvalue weighted by molar-refractivity contribution is 0.411. The van der Waals surface area contributed by atoms with E-state index in [1.54, 1.807) is 18.4 Å². The van der Waals surface area contributed by atoms with Crippen molar-refractivity contribution in [3.63, 3.8) is 0 Å². The van der Waals surface area contributed by atoms with Gasteiger partial charge in [-0.2, -0.15) is 0 Å². The van der Waals surface area contributed by atoms with E-state index in [-0.39, 0.29) is 0 Å². The van der Waals surface area contributed by atoms with Crippen LogP contribution in [0.25, 0.3) is 0 Å². The lowest BCUT2D eigenvalue weighted by Crippen LogP contribution is -2.26. The number of fused-ring (bicyclic) bond motifs is 1. The third kappa shape index (κ3) is 3.60. The maximum Gasteiger partial charge on any atom is 0.119 e. The molecule has 0 bridgehead atoms. The van der Waals surface area contributed by atoms with E-state index < -0.39 is 0 Å². The fourth-order valence-corrected chi connectivity index (χ4v) is 4.07. The highest BCUT2D eigenvalue weighted by molar-refractivity contribution is 7.16. The molecule has 2 nitrogen and oxygen atoms in total. The minimum absolute atomic E-state index is 0.468. The van der Waals surface area contributed by atoms with Crippen molar-refractivity contribution in [2.45, 2.75) is 31.7 Å². The first-order chi connectivity index (χ1) is 10.3. The molecule has 0 saturated carbocycles. The Kier molecular flexibility index (Phi) is 4.84. The highest BCUT2D eigenvalue weighted by atomic mass is 35.5. The number of rotatable bonds is 5. The van der Waals surface area contributed by atoms with Gasteiger partial charge in [0, 0.05) is 17.5 Å². The van der Waals surface area contributed by atoms with Crippen molar-refractivity contribution in [1.82, 2.24) is 5.32 Å². The Morgan fingerprint density at radius 2 is 2.24 bits per heavy atom. The smallest absolute Gasteiger partial charge is 0.119 e. The van der Waals surface area contributed by atoms with Crippen molar-refractivity contribution in [3.05, 3.63) is 50.7 Å². The van der Waals surface area contributed by atoms with E-state index in [2.05, 4.69) is 29.6 Å². The largest absolute Gasteiger partial charge is 0.497 e. The molecule has 21 heavy (non-hydrogen) atoms. The standard InChI is InChI=1S/C17H20ClNOS/c1-20-13-5-7-15-12(11-13)3-2-4-16(15)19-10-9-14-6-8-17(18)21-14/h5-8,11,16,19H,2-4,9-10H2,1H3. The fourth-order valence-electron chi connectivity index (χ4n) is 2.99. The Morgan fingerprint density at radius 1 is 1.33 bits per heavy atom. The van der Waals surface area contributed by atoms with Crippen LogP contribution >= 0.6 is 22.9 Å². The third-order valence-electron chi connectivity index (χ3n) is 4.06. The molecule has 1 unspecified atom stereocenters. The van der Waals surface area contributed by atoms with Crippen LogP contribution in [0.1, 0.15) is 34.9 Å². The van der Waals surface area contributed by atoms with Crippen LogP contribution in [0, 0.1) is 0 Å². The summed E-state index contributed by atoms with van der Waals surface area (Å²) < 4.78 is 6.20. The van der Waals surface area contributed by atoms with Crippen LogP contribution < -0.4 is 10.1 Å². The van der Waals surface area contributed by atoms with Crippen LogP contribution in [0.2, 0.25) is 4.34 Å². The van der Waals surface area contributed by atoms with Crippen LogP contribution in [0.15, 0.2) is 30.3 Å². The number of hydrogen-bond donors (Lipinski definition) is 1. The Bertz CT molecular complexity index is 611. The average Bonchev–Trinajstić information content (AvgIpc) is 2.92. The predicted molar refractivity (Wildman–Crippen MR) is 89.7 cm³/mol. The molecule has 1 N–H and O–H groups in total. The number of ether oxygens (including phenoxy) is 1. The zero-order valence-electron chi connectivity index (χ0n) is 12.2. The second kappa shape index (κ2) is 6.82. The van der Waals surface area contributed by atoms with Gasteiger partial charge < -0.3 is 10.1 Å². The first kappa shape index (κ1) is 14.9. The van der Waals surface area contributed by atoms with E-state index in [0.717, 1.165) is 29.5 Å². The van der Waals surface area contributed by atoms with Crippen LogP contribution in [0.4, 0.5) is 0 Å². The maximum atomic E-state index is 5.97.